The summed E-state index contributed by atoms with van der Waals surface area (Å²) in [6, 6.07) is 15.1. The first-order chi connectivity index (χ1) is 15.7. The number of hydrogen-bond donors (Lipinski definition) is 3. The third-order valence-electron chi connectivity index (χ3n) is 4.24. The molecule has 2 aromatic carbocycles. The average molecular weight is 452 g/mol. The molecule has 1 aromatic heterocycles. The number of nitrogens with one attached hydrogen (secondary N) is 2. The number of nitrogens with two attached hydrogens (primary N) is 1. The van der Waals surface area contributed by atoms with Crippen molar-refractivity contribution in [3.05, 3.63) is 60.2 Å². The summed E-state index contributed by atoms with van der Waals surface area (Å²) in [7, 11) is 0. The first-order valence-corrected chi connectivity index (χ1v) is 10.7. The predicted molar refractivity (Wildman–Crippen MR) is 125 cm³/mol. The van der Waals surface area contributed by atoms with Gasteiger partial charge in [0.15, 0.2) is 11.5 Å². The zero-order chi connectivity index (χ0) is 22.2. The maximum Gasteiger partial charge on any atom is 0.264 e. The van der Waals surface area contributed by atoms with Gasteiger partial charge in [-0.3, -0.25) is 4.79 Å². The van der Waals surface area contributed by atoms with Gasteiger partial charge in [0.05, 0.1) is 5.75 Å². The summed E-state index contributed by atoms with van der Waals surface area (Å²) in [6.45, 7) is 0.998. The minimum atomic E-state index is -0.215. The number of amides is 1. The van der Waals surface area contributed by atoms with Gasteiger partial charge < -0.3 is 20.6 Å². The number of nitrogen functional groups attached to an aromatic ring is 1. The molecule has 1 amide bonds. The quantitative estimate of drug-likeness (QED) is 0.206. The lowest BCUT2D eigenvalue weighted by molar-refractivity contribution is -0.113. The summed E-state index contributed by atoms with van der Waals surface area (Å²) in [4.78, 5) is 12.3. The number of carbonyl (C=O) groups is 1. The number of aromatic nitrogens is 3. The van der Waals surface area contributed by atoms with E-state index in [1.54, 1.807) is 30.5 Å². The molecule has 0 aliphatic carbocycles. The molecule has 0 unspecified atom stereocenters. The Kier molecular flexibility index (Phi) is 6.88. The zero-order valence-electron chi connectivity index (χ0n) is 17.0. The van der Waals surface area contributed by atoms with Crippen LogP contribution in [0.5, 0.6) is 11.5 Å². The van der Waals surface area contributed by atoms with Crippen LogP contribution in [0.25, 0.3) is 6.08 Å². The number of fused-ring (bicyclic) bond motifs is 1. The second-order valence-corrected chi connectivity index (χ2v) is 7.47. The number of benzene rings is 2. The Morgan fingerprint density at radius 2 is 1.97 bits per heavy atom. The van der Waals surface area contributed by atoms with Crippen LogP contribution in [-0.2, 0) is 4.79 Å². The third-order valence-corrected chi connectivity index (χ3v) is 5.18. The number of allylic oxidation sites excluding steroid dienone is 1. The van der Waals surface area contributed by atoms with Crippen molar-refractivity contribution in [2.24, 2.45) is 5.10 Å². The first-order valence-electron chi connectivity index (χ1n) is 9.72. The van der Waals surface area contributed by atoms with Crippen LogP contribution in [0.4, 0.5) is 11.6 Å². The lowest BCUT2D eigenvalue weighted by Gasteiger charge is -2.18. The van der Waals surface area contributed by atoms with Crippen LogP contribution >= 0.6 is 11.8 Å². The highest BCUT2D eigenvalue weighted by atomic mass is 32.2. The topological polar surface area (TPSA) is 129 Å². The SMILES string of the molecule is Nn1c(N/N=C/C=C/c2ccccc2)nnc1SCC(=O)Nc1ccc2c(c1)OCCO2. The van der Waals surface area contributed by atoms with Crippen molar-refractivity contribution < 1.29 is 14.3 Å². The number of anilines is 2. The van der Waals surface area contributed by atoms with Gasteiger partial charge in [-0.25, -0.2) is 10.1 Å². The van der Waals surface area contributed by atoms with E-state index in [4.69, 9.17) is 15.3 Å². The van der Waals surface area contributed by atoms with Gasteiger partial charge in [0.25, 0.3) is 5.95 Å². The van der Waals surface area contributed by atoms with Crippen molar-refractivity contribution in [1.82, 2.24) is 14.9 Å². The van der Waals surface area contributed by atoms with Crippen molar-refractivity contribution >= 4 is 41.6 Å². The Morgan fingerprint density at radius 1 is 1.16 bits per heavy atom. The van der Waals surface area contributed by atoms with Crippen molar-refractivity contribution in [2.75, 3.05) is 35.6 Å². The van der Waals surface area contributed by atoms with Crippen LogP contribution in [0.3, 0.4) is 0 Å². The van der Waals surface area contributed by atoms with Crippen LogP contribution < -0.4 is 26.1 Å². The number of ether oxygens (including phenoxy) is 2. The van der Waals surface area contributed by atoms with Gasteiger partial charge in [-0.2, -0.15) is 5.10 Å². The molecule has 0 atom stereocenters. The van der Waals surface area contributed by atoms with Crippen LogP contribution in [0.1, 0.15) is 5.56 Å². The van der Waals surface area contributed by atoms with E-state index >= 15 is 0 Å². The van der Waals surface area contributed by atoms with E-state index < -0.39 is 0 Å². The Bertz CT molecular complexity index is 1130. The van der Waals surface area contributed by atoms with Crippen LogP contribution in [0.2, 0.25) is 0 Å². The fourth-order valence-corrected chi connectivity index (χ4v) is 3.41. The van der Waals surface area contributed by atoms with Gasteiger partial charge in [0, 0.05) is 18.0 Å². The van der Waals surface area contributed by atoms with E-state index in [1.165, 1.54) is 4.68 Å². The lowest BCUT2D eigenvalue weighted by Crippen LogP contribution is -2.18. The molecule has 0 saturated carbocycles. The zero-order valence-corrected chi connectivity index (χ0v) is 17.8. The number of nitrogens with zero attached hydrogens (tertiary/aromatic N) is 4. The van der Waals surface area contributed by atoms with Crippen molar-refractivity contribution in [2.45, 2.75) is 5.16 Å². The van der Waals surface area contributed by atoms with Gasteiger partial charge in [-0.05, 0) is 23.8 Å². The van der Waals surface area contributed by atoms with Crippen molar-refractivity contribution in [1.29, 1.82) is 0 Å². The number of thioether (sulfide) groups is 1. The minimum Gasteiger partial charge on any atom is -0.486 e. The maximum atomic E-state index is 12.3. The normalized spacial score (nSPS) is 12.9. The van der Waals surface area contributed by atoms with E-state index in [9.17, 15) is 4.79 Å². The van der Waals surface area contributed by atoms with E-state index in [0.29, 0.717) is 35.6 Å². The largest absolute Gasteiger partial charge is 0.486 e. The monoisotopic (exact) mass is 451 g/mol. The molecule has 10 nitrogen and oxygen atoms in total. The van der Waals surface area contributed by atoms with Crippen LogP contribution in [0.15, 0.2) is 64.9 Å². The summed E-state index contributed by atoms with van der Waals surface area (Å²) >= 11 is 1.16. The van der Waals surface area contributed by atoms with Gasteiger partial charge in [-0.1, -0.05) is 48.2 Å². The molecule has 0 bridgehead atoms. The van der Waals surface area contributed by atoms with E-state index in [0.717, 1.165) is 17.3 Å². The van der Waals surface area contributed by atoms with Gasteiger partial charge >= 0.3 is 0 Å². The van der Waals surface area contributed by atoms with E-state index in [-0.39, 0.29) is 17.6 Å². The lowest BCUT2D eigenvalue weighted by atomic mass is 10.2. The number of hydrazone groups is 1. The predicted octanol–water partition coefficient (Wildman–Crippen LogP) is 2.61. The molecule has 2 heterocycles. The van der Waals surface area contributed by atoms with Gasteiger partial charge in [0.2, 0.25) is 11.1 Å². The highest BCUT2D eigenvalue weighted by molar-refractivity contribution is 7.99. The fraction of sp³-hybridized carbons (Fsp3) is 0.143. The van der Waals surface area contributed by atoms with E-state index in [2.05, 4.69) is 26.0 Å². The van der Waals surface area contributed by atoms with E-state index in [1.807, 2.05) is 36.4 Å². The Labute approximate surface area is 188 Å². The summed E-state index contributed by atoms with van der Waals surface area (Å²) in [6.07, 6.45) is 5.28. The Balaban J connectivity index is 1.26. The van der Waals surface area contributed by atoms with Crippen molar-refractivity contribution in [3.63, 3.8) is 0 Å². The standard InChI is InChI=1S/C21H21N7O3S/c22-28-20(25-23-10-4-7-15-5-2-1-3-6-15)26-27-21(28)32-14-19(29)24-16-8-9-17-18(13-16)31-12-11-30-17/h1-10,13H,11-12,14,22H2,(H,24,29)(H,25,26)/b7-4+,23-10+. The molecule has 0 spiro atoms. The Hall–Kier alpha value is -3.99. The molecule has 11 heteroatoms. The highest BCUT2D eigenvalue weighted by Crippen LogP contribution is 2.32. The molecular formula is C21H21N7O3S. The number of rotatable bonds is 8. The van der Waals surface area contributed by atoms with Crippen molar-refractivity contribution in [3.8, 4) is 11.5 Å². The van der Waals surface area contributed by atoms with Crippen LogP contribution in [0, 0.1) is 0 Å². The maximum absolute atomic E-state index is 12.3. The third kappa shape index (κ3) is 5.58. The molecule has 1 aliphatic rings. The fourth-order valence-electron chi connectivity index (χ4n) is 2.76. The van der Waals surface area contributed by atoms with Gasteiger partial charge in [-0.15, -0.1) is 10.2 Å². The second kappa shape index (κ2) is 10.4. The first kappa shape index (κ1) is 21.2. The number of hydrogen-bond acceptors (Lipinski definition) is 9. The second-order valence-electron chi connectivity index (χ2n) is 6.53. The smallest absolute Gasteiger partial charge is 0.264 e. The molecule has 3 aromatic rings. The number of carbonyl (C=O) groups excluding carboxylic acids is 1. The molecule has 32 heavy (non-hydrogen) atoms. The summed E-state index contributed by atoms with van der Waals surface area (Å²) in [5.41, 5.74) is 4.40. The average Bonchev–Trinajstić information content (AvgIpc) is 3.17. The summed E-state index contributed by atoms with van der Waals surface area (Å²) in [5, 5.41) is 15.1. The van der Waals surface area contributed by atoms with Crippen LogP contribution in [-0.4, -0.2) is 46.0 Å². The molecule has 1 aliphatic heterocycles. The molecule has 164 valence electrons. The molecular weight excluding hydrogens is 430 g/mol. The molecule has 0 saturated heterocycles. The highest BCUT2D eigenvalue weighted by Gasteiger charge is 2.14. The summed E-state index contributed by atoms with van der Waals surface area (Å²) < 4.78 is 12.2. The minimum absolute atomic E-state index is 0.104. The molecule has 4 N–H and O–H groups in total. The van der Waals surface area contributed by atoms with Gasteiger partial charge in [0.1, 0.15) is 13.2 Å². The molecule has 0 fully saturated rings. The molecule has 4 rings (SSSR count). The summed E-state index contributed by atoms with van der Waals surface area (Å²) in [5.74, 6) is 7.40. The molecule has 0 radical (unpaired) electrons. The Morgan fingerprint density at radius 3 is 2.81 bits per heavy atom.